The van der Waals surface area contributed by atoms with Crippen molar-refractivity contribution in [3.63, 3.8) is 0 Å². The molecule has 1 saturated heterocycles. The van der Waals surface area contributed by atoms with Crippen LogP contribution in [-0.2, 0) is 9.53 Å². The summed E-state index contributed by atoms with van der Waals surface area (Å²) in [6.45, 7) is 5.75. The van der Waals surface area contributed by atoms with Crippen LogP contribution in [0.2, 0.25) is 0 Å². The molecule has 1 aliphatic rings. The van der Waals surface area contributed by atoms with Crippen molar-refractivity contribution in [3.05, 3.63) is 12.2 Å². The molecular weight excluding hydrogens is 140 g/mol. The molecule has 0 aliphatic carbocycles. The SMILES string of the molecule is C=C1C[C@H](CCCC)OC1=O. The van der Waals surface area contributed by atoms with Crippen LogP contribution in [0.5, 0.6) is 0 Å². The number of ether oxygens (including phenoxy) is 1. The van der Waals surface area contributed by atoms with Gasteiger partial charge in [-0.25, -0.2) is 4.79 Å². The third-order valence-corrected chi connectivity index (χ3v) is 1.92. The molecule has 1 atom stereocenters. The van der Waals surface area contributed by atoms with Crippen molar-refractivity contribution in [2.75, 3.05) is 0 Å². The second-order valence-corrected chi connectivity index (χ2v) is 2.98. The molecule has 11 heavy (non-hydrogen) atoms. The summed E-state index contributed by atoms with van der Waals surface area (Å²) < 4.78 is 5.04. The van der Waals surface area contributed by atoms with Gasteiger partial charge in [-0.1, -0.05) is 26.3 Å². The first kappa shape index (κ1) is 8.31. The average molecular weight is 154 g/mol. The predicted molar refractivity (Wildman–Crippen MR) is 43.2 cm³/mol. The number of esters is 1. The van der Waals surface area contributed by atoms with Crippen molar-refractivity contribution in [3.8, 4) is 0 Å². The molecule has 1 rings (SSSR count). The first-order valence-electron chi connectivity index (χ1n) is 4.12. The molecule has 0 saturated carbocycles. The van der Waals surface area contributed by atoms with Crippen LogP contribution in [-0.4, -0.2) is 12.1 Å². The lowest BCUT2D eigenvalue weighted by Gasteiger charge is -2.05. The number of rotatable bonds is 3. The smallest absolute Gasteiger partial charge is 0.333 e. The monoisotopic (exact) mass is 154 g/mol. The van der Waals surface area contributed by atoms with Crippen molar-refractivity contribution < 1.29 is 9.53 Å². The highest BCUT2D eigenvalue weighted by Crippen LogP contribution is 2.22. The van der Waals surface area contributed by atoms with E-state index in [2.05, 4.69) is 13.5 Å². The lowest BCUT2D eigenvalue weighted by Crippen LogP contribution is -2.05. The third-order valence-electron chi connectivity index (χ3n) is 1.92. The van der Waals surface area contributed by atoms with Crippen LogP contribution in [0.3, 0.4) is 0 Å². The second-order valence-electron chi connectivity index (χ2n) is 2.98. The van der Waals surface area contributed by atoms with Crippen LogP contribution in [0.4, 0.5) is 0 Å². The normalized spacial score (nSPS) is 23.9. The summed E-state index contributed by atoms with van der Waals surface area (Å²) in [7, 11) is 0. The van der Waals surface area contributed by atoms with E-state index < -0.39 is 0 Å². The number of cyclic esters (lactones) is 1. The number of hydrogen-bond donors (Lipinski definition) is 0. The van der Waals surface area contributed by atoms with E-state index in [4.69, 9.17) is 4.74 Å². The van der Waals surface area contributed by atoms with Gasteiger partial charge in [0, 0.05) is 12.0 Å². The Kier molecular flexibility index (Phi) is 2.69. The quantitative estimate of drug-likeness (QED) is 0.459. The van der Waals surface area contributed by atoms with E-state index in [-0.39, 0.29) is 12.1 Å². The Morgan fingerprint density at radius 2 is 2.45 bits per heavy atom. The fraction of sp³-hybridized carbons (Fsp3) is 0.667. The summed E-state index contributed by atoms with van der Waals surface area (Å²) in [4.78, 5) is 10.8. The fourth-order valence-corrected chi connectivity index (χ4v) is 1.23. The van der Waals surface area contributed by atoms with Crippen LogP contribution in [0.25, 0.3) is 0 Å². The van der Waals surface area contributed by atoms with E-state index in [0.29, 0.717) is 5.57 Å². The largest absolute Gasteiger partial charge is 0.459 e. The van der Waals surface area contributed by atoms with Crippen LogP contribution < -0.4 is 0 Å². The topological polar surface area (TPSA) is 26.3 Å². The van der Waals surface area contributed by atoms with Gasteiger partial charge < -0.3 is 4.74 Å². The molecule has 0 spiro atoms. The van der Waals surface area contributed by atoms with E-state index in [1.165, 1.54) is 0 Å². The van der Waals surface area contributed by atoms with Gasteiger partial charge in [0.25, 0.3) is 0 Å². The van der Waals surface area contributed by atoms with Gasteiger partial charge in [-0.05, 0) is 6.42 Å². The lowest BCUT2D eigenvalue weighted by molar-refractivity contribution is -0.139. The van der Waals surface area contributed by atoms with Gasteiger partial charge in [0.15, 0.2) is 0 Å². The molecule has 0 aromatic rings. The Hall–Kier alpha value is -0.790. The number of carbonyl (C=O) groups is 1. The maximum absolute atomic E-state index is 10.8. The molecule has 2 nitrogen and oxygen atoms in total. The molecule has 0 unspecified atom stereocenters. The van der Waals surface area contributed by atoms with Gasteiger partial charge in [-0.15, -0.1) is 0 Å². The Balaban J connectivity index is 2.29. The zero-order valence-corrected chi connectivity index (χ0v) is 6.93. The molecule has 0 aromatic heterocycles. The molecule has 0 bridgehead atoms. The highest BCUT2D eigenvalue weighted by atomic mass is 16.5. The highest BCUT2D eigenvalue weighted by Gasteiger charge is 2.26. The lowest BCUT2D eigenvalue weighted by atomic mass is 10.1. The standard InChI is InChI=1S/C9H14O2/c1-3-4-5-8-6-7(2)9(10)11-8/h8H,2-6H2,1H3/t8-/m0/s1. The molecule has 62 valence electrons. The average Bonchev–Trinajstić information content (AvgIpc) is 2.28. The number of unbranched alkanes of at least 4 members (excludes halogenated alkanes) is 1. The first-order chi connectivity index (χ1) is 5.24. The van der Waals surface area contributed by atoms with E-state index in [1.807, 2.05) is 0 Å². The Morgan fingerprint density at radius 3 is 2.91 bits per heavy atom. The van der Waals surface area contributed by atoms with Crippen LogP contribution >= 0.6 is 0 Å². The molecule has 1 heterocycles. The van der Waals surface area contributed by atoms with Crippen molar-refractivity contribution in [2.24, 2.45) is 0 Å². The molecule has 0 radical (unpaired) electrons. The molecule has 1 fully saturated rings. The summed E-state index contributed by atoms with van der Waals surface area (Å²) in [6.07, 6.45) is 4.13. The number of hydrogen-bond acceptors (Lipinski definition) is 2. The minimum absolute atomic E-state index is 0.120. The Labute approximate surface area is 67.2 Å². The Bertz CT molecular complexity index is 156. The van der Waals surface area contributed by atoms with Gasteiger partial charge in [0.1, 0.15) is 6.10 Å². The molecule has 2 heteroatoms. The second kappa shape index (κ2) is 3.56. The molecule has 1 aliphatic heterocycles. The fourth-order valence-electron chi connectivity index (χ4n) is 1.23. The van der Waals surface area contributed by atoms with Crippen LogP contribution in [0.1, 0.15) is 32.6 Å². The zero-order valence-electron chi connectivity index (χ0n) is 6.93. The van der Waals surface area contributed by atoms with Gasteiger partial charge in [-0.3, -0.25) is 0 Å². The highest BCUT2D eigenvalue weighted by molar-refractivity contribution is 5.89. The van der Waals surface area contributed by atoms with E-state index >= 15 is 0 Å². The summed E-state index contributed by atoms with van der Waals surface area (Å²) in [5, 5.41) is 0. The summed E-state index contributed by atoms with van der Waals surface area (Å²) in [6, 6.07) is 0. The van der Waals surface area contributed by atoms with Crippen molar-refractivity contribution in [2.45, 2.75) is 38.7 Å². The summed E-state index contributed by atoms with van der Waals surface area (Å²) in [5.74, 6) is -0.203. The summed E-state index contributed by atoms with van der Waals surface area (Å²) >= 11 is 0. The van der Waals surface area contributed by atoms with Crippen LogP contribution in [0.15, 0.2) is 12.2 Å². The van der Waals surface area contributed by atoms with Crippen molar-refractivity contribution >= 4 is 5.97 Å². The minimum Gasteiger partial charge on any atom is -0.459 e. The van der Waals surface area contributed by atoms with Gasteiger partial charge >= 0.3 is 5.97 Å². The molecule has 0 N–H and O–H groups in total. The van der Waals surface area contributed by atoms with Gasteiger partial charge in [-0.2, -0.15) is 0 Å². The van der Waals surface area contributed by atoms with Gasteiger partial charge in [0.05, 0.1) is 0 Å². The van der Waals surface area contributed by atoms with E-state index in [0.717, 1.165) is 25.7 Å². The maximum atomic E-state index is 10.8. The van der Waals surface area contributed by atoms with Crippen molar-refractivity contribution in [1.29, 1.82) is 0 Å². The van der Waals surface area contributed by atoms with Crippen molar-refractivity contribution in [1.82, 2.24) is 0 Å². The zero-order chi connectivity index (χ0) is 8.27. The van der Waals surface area contributed by atoms with E-state index in [1.54, 1.807) is 0 Å². The predicted octanol–water partition coefficient (Wildman–Crippen LogP) is 2.05. The molecule has 0 amide bonds. The third kappa shape index (κ3) is 2.07. The Morgan fingerprint density at radius 1 is 1.73 bits per heavy atom. The molecule has 0 aromatic carbocycles. The maximum Gasteiger partial charge on any atom is 0.333 e. The number of carbonyl (C=O) groups excluding carboxylic acids is 1. The minimum atomic E-state index is -0.203. The van der Waals surface area contributed by atoms with E-state index in [9.17, 15) is 4.79 Å². The van der Waals surface area contributed by atoms with Gasteiger partial charge in [0.2, 0.25) is 0 Å². The molecular formula is C9H14O2. The first-order valence-corrected chi connectivity index (χ1v) is 4.12. The summed E-state index contributed by atoms with van der Waals surface area (Å²) in [5.41, 5.74) is 0.631. The van der Waals surface area contributed by atoms with Crippen LogP contribution in [0, 0.1) is 0 Å².